The maximum atomic E-state index is 2.48. The van der Waals surface area contributed by atoms with Gasteiger partial charge in [0.05, 0.1) is 25.0 Å². The van der Waals surface area contributed by atoms with Crippen LogP contribution < -0.4 is 5.30 Å². The summed E-state index contributed by atoms with van der Waals surface area (Å²) >= 11 is 0. The normalized spacial score (nSPS) is 35.3. The highest BCUT2D eigenvalue weighted by Crippen LogP contribution is 2.67. The predicted molar refractivity (Wildman–Crippen MR) is 73.6 cm³/mol. The van der Waals surface area contributed by atoms with Gasteiger partial charge in [0, 0.05) is 5.92 Å². The van der Waals surface area contributed by atoms with Crippen LogP contribution in [-0.4, -0.2) is 12.3 Å². The molecule has 0 saturated carbocycles. The fourth-order valence-electron chi connectivity index (χ4n) is 2.71. The topological polar surface area (TPSA) is 0 Å². The predicted octanol–water partition coefficient (Wildman–Crippen LogP) is 3.60. The molecule has 0 radical (unpaired) electrons. The Hall–Kier alpha value is -1.13. The monoisotopic (exact) mass is 227 g/mol. The lowest BCUT2D eigenvalue weighted by Crippen LogP contribution is -2.21. The van der Waals surface area contributed by atoms with Crippen LogP contribution >= 0.6 is 7.26 Å². The van der Waals surface area contributed by atoms with Crippen LogP contribution in [0, 0.1) is 5.92 Å². The Morgan fingerprint density at radius 1 is 0.938 bits per heavy atom. The summed E-state index contributed by atoms with van der Waals surface area (Å²) in [4.78, 5) is 0. The highest BCUT2D eigenvalue weighted by molar-refractivity contribution is 7.86. The van der Waals surface area contributed by atoms with Crippen molar-refractivity contribution >= 4 is 12.6 Å². The number of fused-ring (bicyclic) bond motifs is 1. The minimum atomic E-state index is -1.12. The number of benzene rings is 1. The van der Waals surface area contributed by atoms with Crippen molar-refractivity contribution in [2.45, 2.75) is 5.66 Å². The van der Waals surface area contributed by atoms with E-state index in [9.17, 15) is 0 Å². The molecule has 80 valence electrons. The zero-order valence-corrected chi connectivity index (χ0v) is 10.3. The summed E-state index contributed by atoms with van der Waals surface area (Å²) in [7, 11) is -1.12. The maximum Gasteiger partial charge on any atom is 0.106 e. The third kappa shape index (κ3) is 1.41. The molecule has 2 aliphatic rings. The van der Waals surface area contributed by atoms with Gasteiger partial charge in [-0.25, -0.2) is 0 Å². The van der Waals surface area contributed by atoms with E-state index in [1.807, 2.05) is 0 Å². The van der Waals surface area contributed by atoms with E-state index in [1.165, 1.54) is 5.30 Å². The molecule has 3 atom stereocenters. The van der Waals surface area contributed by atoms with Crippen molar-refractivity contribution in [2.75, 3.05) is 6.66 Å². The molecule has 0 fully saturated rings. The highest BCUT2D eigenvalue weighted by atomic mass is 31.2. The molecular weight excluding hydrogens is 211 g/mol. The molecule has 0 aromatic heterocycles. The quantitative estimate of drug-likeness (QED) is 0.643. The van der Waals surface area contributed by atoms with E-state index in [4.69, 9.17) is 0 Å². The average Bonchev–Trinajstić information content (AvgIpc) is 2.71. The summed E-state index contributed by atoms with van der Waals surface area (Å²) in [6.45, 7) is 2.45. The van der Waals surface area contributed by atoms with Gasteiger partial charge >= 0.3 is 0 Å². The molecule has 1 aliphatic carbocycles. The molecule has 0 nitrogen and oxygen atoms in total. The zero-order chi connectivity index (χ0) is 11.0. The second kappa shape index (κ2) is 3.71. The Kier molecular flexibility index (Phi) is 2.33. The summed E-state index contributed by atoms with van der Waals surface area (Å²) in [6, 6.07) is 11.0. The average molecular weight is 227 g/mol. The first kappa shape index (κ1) is 10.1. The van der Waals surface area contributed by atoms with Crippen molar-refractivity contribution in [3.05, 3.63) is 66.5 Å². The second-order valence-corrected chi connectivity index (χ2v) is 8.37. The van der Waals surface area contributed by atoms with Gasteiger partial charge in [-0.05, 0) is 24.3 Å². The van der Waals surface area contributed by atoms with Gasteiger partial charge < -0.3 is 0 Å². The lowest BCUT2D eigenvalue weighted by molar-refractivity contribution is 0.845. The molecule has 1 unspecified atom stereocenters. The standard InChI is InChI=1S/C15H16P/c1-16(14-8-3-2-4-9-14)12-11-13-7-5-6-10-15(13)16/h2-13,15H,1H3/q+1/t13-,15+,16?/m0/s1. The van der Waals surface area contributed by atoms with E-state index in [-0.39, 0.29) is 0 Å². The molecule has 1 aromatic carbocycles. The third-order valence-electron chi connectivity index (χ3n) is 3.70. The number of allylic oxidation sites excluding steroid dienone is 5. The second-order valence-electron chi connectivity index (χ2n) is 4.66. The fourth-order valence-corrected chi connectivity index (χ4v) is 6.17. The summed E-state index contributed by atoms with van der Waals surface area (Å²) in [5.41, 5.74) is 0.694. The largest absolute Gasteiger partial charge is 0.106 e. The van der Waals surface area contributed by atoms with Crippen LogP contribution in [0.2, 0.25) is 0 Å². The van der Waals surface area contributed by atoms with Crippen LogP contribution in [0.25, 0.3) is 0 Å². The van der Waals surface area contributed by atoms with Gasteiger partial charge in [0.1, 0.15) is 5.66 Å². The summed E-state index contributed by atoms with van der Waals surface area (Å²) in [6.07, 6.45) is 11.5. The van der Waals surface area contributed by atoms with Gasteiger partial charge in [0.15, 0.2) is 0 Å². The van der Waals surface area contributed by atoms with Crippen molar-refractivity contribution < 1.29 is 0 Å². The summed E-state index contributed by atoms with van der Waals surface area (Å²) < 4.78 is 0. The first-order valence-electron chi connectivity index (χ1n) is 5.76. The van der Waals surface area contributed by atoms with Crippen molar-refractivity contribution in [3.63, 3.8) is 0 Å². The smallest absolute Gasteiger partial charge is 0.0733 e. The third-order valence-corrected chi connectivity index (χ3v) is 7.65. The molecule has 1 aromatic rings. The van der Waals surface area contributed by atoms with Gasteiger partial charge in [-0.3, -0.25) is 0 Å². The number of hydrogen-bond acceptors (Lipinski definition) is 0. The number of rotatable bonds is 1. The molecular formula is C15H16P+. The Morgan fingerprint density at radius 2 is 1.69 bits per heavy atom. The molecule has 16 heavy (non-hydrogen) atoms. The summed E-state index contributed by atoms with van der Waals surface area (Å²) in [5, 5.41) is 1.53. The van der Waals surface area contributed by atoms with Gasteiger partial charge in [-0.2, -0.15) is 0 Å². The maximum absolute atomic E-state index is 2.48. The van der Waals surface area contributed by atoms with Crippen LogP contribution in [-0.2, 0) is 0 Å². The molecule has 1 heteroatoms. The fraction of sp³-hybridized carbons (Fsp3) is 0.200. The molecule has 3 rings (SSSR count). The first-order chi connectivity index (χ1) is 7.81. The molecule has 1 aliphatic heterocycles. The molecule has 0 spiro atoms. The van der Waals surface area contributed by atoms with Crippen molar-refractivity contribution in [1.29, 1.82) is 0 Å². The molecule has 0 amide bonds. The van der Waals surface area contributed by atoms with Gasteiger partial charge in [-0.1, -0.05) is 36.4 Å². The van der Waals surface area contributed by atoms with Crippen LogP contribution in [0.3, 0.4) is 0 Å². The van der Waals surface area contributed by atoms with Crippen molar-refractivity contribution in [2.24, 2.45) is 5.92 Å². The minimum Gasteiger partial charge on any atom is -0.0733 e. The highest BCUT2D eigenvalue weighted by Gasteiger charge is 2.47. The van der Waals surface area contributed by atoms with Gasteiger partial charge in [0.2, 0.25) is 0 Å². The van der Waals surface area contributed by atoms with Crippen LogP contribution in [0.5, 0.6) is 0 Å². The van der Waals surface area contributed by atoms with Crippen molar-refractivity contribution in [3.8, 4) is 0 Å². The minimum absolute atomic E-state index is 0.628. The summed E-state index contributed by atoms with van der Waals surface area (Å²) in [5.74, 6) is 3.11. The van der Waals surface area contributed by atoms with Crippen LogP contribution in [0.15, 0.2) is 66.5 Å². The van der Waals surface area contributed by atoms with Gasteiger partial charge in [0.25, 0.3) is 0 Å². The molecule has 0 bridgehead atoms. The molecule has 1 heterocycles. The Balaban J connectivity index is 2.04. The van der Waals surface area contributed by atoms with Crippen LogP contribution in [0.4, 0.5) is 0 Å². The Bertz CT molecular complexity index is 469. The van der Waals surface area contributed by atoms with E-state index in [2.05, 4.69) is 73.2 Å². The lowest BCUT2D eigenvalue weighted by atomic mass is 10.0. The Labute approximate surface area is 97.7 Å². The van der Waals surface area contributed by atoms with E-state index in [0.717, 1.165) is 0 Å². The SMILES string of the molecule is C[P+]1(c2ccccc2)C=C[C@@H]2C=CC=C[C@H]21. The number of hydrogen-bond donors (Lipinski definition) is 0. The first-order valence-corrected chi connectivity index (χ1v) is 8.14. The van der Waals surface area contributed by atoms with E-state index in [0.29, 0.717) is 11.6 Å². The van der Waals surface area contributed by atoms with E-state index in [1.54, 1.807) is 0 Å². The zero-order valence-electron chi connectivity index (χ0n) is 9.45. The Morgan fingerprint density at radius 3 is 2.50 bits per heavy atom. The van der Waals surface area contributed by atoms with E-state index >= 15 is 0 Å². The molecule has 0 saturated heterocycles. The van der Waals surface area contributed by atoms with Crippen molar-refractivity contribution in [1.82, 2.24) is 0 Å². The van der Waals surface area contributed by atoms with Crippen LogP contribution in [0.1, 0.15) is 0 Å². The lowest BCUT2D eigenvalue weighted by Gasteiger charge is -2.25. The van der Waals surface area contributed by atoms with E-state index < -0.39 is 7.26 Å². The van der Waals surface area contributed by atoms with Gasteiger partial charge in [-0.15, -0.1) is 0 Å². The molecule has 0 N–H and O–H groups in total.